The first-order chi connectivity index (χ1) is 6.65. The average Bonchev–Trinajstić information content (AvgIpc) is 2.60. The van der Waals surface area contributed by atoms with Gasteiger partial charge >= 0.3 is 5.97 Å². The van der Waals surface area contributed by atoms with Gasteiger partial charge in [-0.3, -0.25) is 4.79 Å². The fourth-order valence-corrected chi connectivity index (χ4v) is 2.37. The van der Waals surface area contributed by atoms with Crippen molar-refractivity contribution in [1.29, 1.82) is 0 Å². The quantitative estimate of drug-likeness (QED) is 0.814. The van der Waals surface area contributed by atoms with E-state index in [4.69, 9.17) is 5.11 Å². The van der Waals surface area contributed by atoms with Crippen LogP contribution in [0.25, 0.3) is 0 Å². The van der Waals surface area contributed by atoms with Gasteiger partial charge in [-0.05, 0) is 36.3 Å². The molecule has 3 heteroatoms. The summed E-state index contributed by atoms with van der Waals surface area (Å²) >= 11 is 1.73. The van der Waals surface area contributed by atoms with Gasteiger partial charge in [0.25, 0.3) is 0 Å². The average molecular weight is 212 g/mol. The molecule has 0 fully saturated rings. The predicted molar refractivity (Wildman–Crippen MR) is 58.8 cm³/mol. The highest BCUT2D eigenvalue weighted by atomic mass is 32.1. The van der Waals surface area contributed by atoms with Crippen LogP contribution in [-0.4, -0.2) is 11.1 Å². The normalized spacial score (nSPS) is 12.7. The number of carbonyl (C=O) groups is 1. The monoisotopic (exact) mass is 212 g/mol. The second kappa shape index (κ2) is 5.15. The lowest BCUT2D eigenvalue weighted by Gasteiger charge is -2.05. The first-order valence-electron chi connectivity index (χ1n) is 4.93. The predicted octanol–water partition coefficient (Wildman–Crippen LogP) is 2.96. The molecule has 0 saturated heterocycles. The minimum atomic E-state index is -0.695. The van der Waals surface area contributed by atoms with Crippen LogP contribution in [0.1, 0.15) is 30.7 Å². The van der Waals surface area contributed by atoms with Gasteiger partial charge in [0, 0.05) is 4.88 Å². The molecule has 0 aliphatic carbocycles. The summed E-state index contributed by atoms with van der Waals surface area (Å²) in [4.78, 5) is 12.0. The van der Waals surface area contributed by atoms with E-state index in [1.165, 1.54) is 10.4 Å². The highest BCUT2D eigenvalue weighted by Gasteiger charge is 2.12. The Balaban J connectivity index is 2.49. The van der Waals surface area contributed by atoms with Crippen LogP contribution in [0.5, 0.6) is 0 Å². The van der Waals surface area contributed by atoms with Crippen molar-refractivity contribution in [3.8, 4) is 0 Å². The molecule has 0 saturated carbocycles. The van der Waals surface area contributed by atoms with Crippen LogP contribution < -0.4 is 0 Å². The van der Waals surface area contributed by atoms with E-state index >= 15 is 0 Å². The van der Waals surface area contributed by atoms with E-state index in [2.05, 4.69) is 18.4 Å². The van der Waals surface area contributed by atoms with Crippen molar-refractivity contribution in [3.63, 3.8) is 0 Å². The summed E-state index contributed by atoms with van der Waals surface area (Å²) < 4.78 is 0. The molecule has 14 heavy (non-hydrogen) atoms. The van der Waals surface area contributed by atoms with E-state index in [9.17, 15) is 4.79 Å². The van der Waals surface area contributed by atoms with Gasteiger partial charge in [0.2, 0.25) is 0 Å². The van der Waals surface area contributed by atoms with E-state index in [1.54, 1.807) is 18.3 Å². The first-order valence-corrected chi connectivity index (χ1v) is 5.81. The van der Waals surface area contributed by atoms with Crippen LogP contribution in [0.3, 0.4) is 0 Å². The number of aryl methyl sites for hydroxylation is 2. The number of thiophene rings is 1. The molecule has 0 amide bonds. The standard InChI is InChI=1S/C11H16O2S/c1-3-9-6-7-14-10(9)5-4-8(2)11(12)13/h6-8H,3-5H2,1-2H3,(H,12,13). The summed E-state index contributed by atoms with van der Waals surface area (Å²) in [6.45, 7) is 3.90. The van der Waals surface area contributed by atoms with Crippen molar-refractivity contribution in [1.82, 2.24) is 0 Å². The Labute approximate surface area is 88.6 Å². The molecular weight excluding hydrogens is 196 g/mol. The van der Waals surface area contributed by atoms with Gasteiger partial charge in [-0.25, -0.2) is 0 Å². The number of rotatable bonds is 5. The molecule has 0 spiro atoms. The van der Waals surface area contributed by atoms with Crippen molar-refractivity contribution in [2.45, 2.75) is 33.1 Å². The van der Waals surface area contributed by atoms with Crippen LogP contribution in [-0.2, 0) is 17.6 Å². The number of aliphatic carboxylic acids is 1. The Morgan fingerprint density at radius 3 is 2.93 bits per heavy atom. The van der Waals surface area contributed by atoms with Crippen LogP contribution >= 0.6 is 11.3 Å². The van der Waals surface area contributed by atoms with E-state index in [0.29, 0.717) is 0 Å². The Hall–Kier alpha value is -0.830. The summed E-state index contributed by atoms with van der Waals surface area (Å²) in [6.07, 6.45) is 2.68. The van der Waals surface area contributed by atoms with Crippen LogP contribution in [0.2, 0.25) is 0 Å². The first kappa shape index (κ1) is 11.2. The van der Waals surface area contributed by atoms with E-state index in [-0.39, 0.29) is 5.92 Å². The second-order valence-electron chi connectivity index (χ2n) is 3.50. The van der Waals surface area contributed by atoms with Gasteiger partial charge in [0.1, 0.15) is 0 Å². The maximum atomic E-state index is 10.6. The molecule has 0 radical (unpaired) electrons. The van der Waals surface area contributed by atoms with Crippen molar-refractivity contribution >= 4 is 17.3 Å². The Kier molecular flexibility index (Phi) is 4.14. The summed E-state index contributed by atoms with van der Waals surface area (Å²) in [5, 5.41) is 10.8. The lowest BCUT2D eigenvalue weighted by atomic mass is 10.0. The van der Waals surface area contributed by atoms with Crippen molar-refractivity contribution in [2.24, 2.45) is 5.92 Å². The summed E-state index contributed by atoms with van der Waals surface area (Å²) in [5.74, 6) is -0.929. The van der Waals surface area contributed by atoms with E-state index in [1.807, 2.05) is 0 Å². The van der Waals surface area contributed by atoms with Crippen molar-refractivity contribution in [3.05, 3.63) is 21.9 Å². The molecule has 1 rings (SSSR count). The lowest BCUT2D eigenvalue weighted by Crippen LogP contribution is -2.10. The van der Waals surface area contributed by atoms with Crippen LogP contribution in [0.4, 0.5) is 0 Å². The molecule has 1 atom stereocenters. The van der Waals surface area contributed by atoms with Gasteiger partial charge in [-0.2, -0.15) is 0 Å². The topological polar surface area (TPSA) is 37.3 Å². The third-order valence-electron chi connectivity index (χ3n) is 2.44. The summed E-state index contributed by atoms with van der Waals surface area (Å²) in [5.41, 5.74) is 1.37. The minimum Gasteiger partial charge on any atom is -0.481 e. The second-order valence-corrected chi connectivity index (χ2v) is 4.50. The lowest BCUT2D eigenvalue weighted by molar-refractivity contribution is -0.141. The Morgan fingerprint density at radius 1 is 1.64 bits per heavy atom. The number of hydrogen-bond acceptors (Lipinski definition) is 2. The molecule has 1 unspecified atom stereocenters. The number of carboxylic acids is 1. The SMILES string of the molecule is CCc1ccsc1CCC(C)C(=O)O. The third kappa shape index (κ3) is 2.84. The van der Waals surface area contributed by atoms with E-state index < -0.39 is 5.97 Å². The van der Waals surface area contributed by atoms with Gasteiger partial charge in [0.05, 0.1) is 5.92 Å². The van der Waals surface area contributed by atoms with Gasteiger partial charge < -0.3 is 5.11 Å². The molecule has 1 heterocycles. The van der Waals surface area contributed by atoms with E-state index in [0.717, 1.165) is 19.3 Å². The molecule has 0 aliphatic rings. The molecule has 1 aromatic heterocycles. The van der Waals surface area contributed by atoms with Gasteiger partial charge in [-0.15, -0.1) is 11.3 Å². The largest absolute Gasteiger partial charge is 0.481 e. The zero-order valence-electron chi connectivity index (χ0n) is 8.62. The zero-order chi connectivity index (χ0) is 10.6. The summed E-state index contributed by atoms with van der Waals surface area (Å²) in [7, 11) is 0. The molecule has 1 aromatic rings. The number of hydrogen-bond donors (Lipinski definition) is 1. The van der Waals surface area contributed by atoms with Crippen LogP contribution in [0, 0.1) is 5.92 Å². The van der Waals surface area contributed by atoms with Crippen molar-refractivity contribution in [2.75, 3.05) is 0 Å². The fourth-order valence-electron chi connectivity index (χ4n) is 1.37. The molecule has 1 N–H and O–H groups in total. The Morgan fingerprint density at radius 2 is 2.36 bits per heavy atom. The van der Waals surface area contributed by atoms with Gasteiger partial charge in [0.15, 0.2) is 0 Å². The summed E-state index contributed by atoms with van der Waals surface area (Å²) in [6, 6.07) is 2.13. The molecule has 0 aliphatic heterocycles. The molecule has 78 valence electrons. The zero-order valence-corrected chi connectivity index (χ0v) is 9.43. The number of carboxylic acid groups (broad SMARTS) is 1. The minimum absolute atomic E-state index is 0.234. The van der Waals surface area contributed by atoms with Crippen molar-refractivity contribution < 1.29 is 9.90 Å². The molecular formula is C11H16O2S. The smallest absolute Gasteiger partial charge is 0.306 e. The molecule has 0 bridgehead atoms. The molecule has 0 aromatic carbocycles. The maximum absolute atomic E-state index is 10.6. The fraction of sp³-hybridized carbons (Fsp3) is 0.545. The molecule has 2 nitrogen and oxygen atoms in total. The van der Waals surface area contributed by atoms with Crippen LogP contribution in [0.15, 0.2) is 11.4 Å². The highest BCUT2D eigenvalue weighted by Crippen LogP contribution is 2.20. The third-order valence-corrected chi connectivity index (χ3v) is 3.47. The highest BCUT2D eigenvalue weighted by molar-refractivity contribution is 7.10. The Bertz CT molecular complexity index is 304. The maximum Gasteiger partial charge on any atom is 0.306 e. The van der Waals surface area contributed by atoms with Gasteiger partial charge in [-0.1, -0.05) is 13.8 Å².